The van der Waals surface area contributed by atoms with Gasteiger partial charge in [-0.2, -0.15) is 0 Å². The van der Waals surface area contributed by atoms with Crippen LogP contribution < -0.4 is 4.74 Å². The van der Waals surface area contributed by atoms with E-state index in [0.29, 0.717) is 6.61 Å². The van der Waals surface area contributed by atoms with Crippen LogP contribution in [0.15, 0.2) is 65.3 Å². The van der Waals surface area contributed by atoms with Crippen molar-refractivity contribution >= 4 is 12.0 Å². The summed E-state index contributed by atoms with van der Waals surface area (Å²) >= 11 is 0. The van der Waals surface area contributed by atoms with Gasteiger partial charge in [0.2, 0.25) is 0 Å². The van der Waals surface area contributed by atoms with Crippen molar-refractivity contribution in [3.8, 4) is 5.75 Å². The van der Waals surface area contributed by atoms with E-state index in [0.717, 1.165) is 37.0 Å². The zero-order chi connectivity index (χ0) is 20.8. The van der Waals surface area contributed by atoms with E-state index in [4.69, 9.17) is 4.74 Å². The van der Waals surface area contributed by atoms with E-state index in [1.165, 1.54) is 29.9 Å². The maximum atomic E-state index is 11.1. The molecule has 0 fully saturated rings. The fourth-order valence-electron chi connectivity index (χ4n) is 2.53. The Hall–Kier alpha value is -2.55. The number of ether oxygens (including phenoxy) is 2. The van der Waals surface area contributed by atoms with Gasteiger partial charge in [0.05, 0.1) is 7.11 Å². The van der Waals surface area contributed by atoms with E-state index in [-0.39, 0.29) is 5.97 Å². The lowest BCUT2D eigenvalue weighted by atomic mass is 10.1. The van der Waals surface area contributed by atoms with Crippen LogP contribution in [0.3, 0.4) is 0 Å². The van der Waals surface area contributed by atoms with Crippen molar-refractivity contribution in [2.24, 2.45) is 0 Å². The summed E-state index contributed by atoms with van der Waals surface area (Å²) in [4.78, 5) is 11.1. The van der Waals surface area contributed by atoms with Crippen molar-refractivity contribution in [1.29, 1.82) is 0 Å². The summed E-state index contributed by atoms with van der Waals surface area (Å²) in [5, 5.41) is 0. The predicted octanol–water partition coefficient (Wildman–Crippen LogP) is 6.67. The molecule has 0 amide bonds. The second kappa shape index (κ2) is 13.6. The molecule has 1 rings (SSSR count). The van der Waals surface area contributed by atoms with E-state index in [9.17, 15) is 4.79 Å². The van der Waals surface area contributed by atoms with E-state index >= 15 is 0 Å². The highest BCUT2D eigenvalue weighted by Gasteiger charge is 1.96. The summed E-state index contributed by atoms with van der Waals surface area (Å²) in [6.45, 7) is 9.21. The van der Waals surface area contributed by atoms with E-state index < -0.39 is 0 Å². The smallest absolute Gasteiger partial charge is 0.330 e. The molecule has 3 nitrogen and oxygen atoms in total. The third kappa shape index (κ3) is 11.2. The summed E-state index contributed by atoms with van der Waals surface area (Å²) < 4.78 is 10.3. The van der Waals surface area contributed by atoms with Gasteiger partial charge in [0.15, 0.2) is 0 Å². The highest BCUT2D eigenvalue weighted by Crippen LogP contribution is 2.15. The molecule has 0 saturated heterocycles. The van der Waals surface area contributed by atoms with Gasteiger partial charge in [-0.15, -0.1) is 0 Å². The molecule has 1 aromatic rings. The molecular weight excluding hydrogens is 348 g/mol. The molecule has 28 heavy (non-hydrogen) atoms. The fourth-order valence-corrected chi connectivity index (χ4v) is 2.53. The van der Waals surface area contributed by atoms with E-state index in [1.54, 1.807) is 6.08 Å². The van der Waals surface area contributed by atoms with Crippen LogP contribution in [-0.4, -0.2) is 19.7 Å². The molecule has 1 aromatic carbocycles. The van der Waals surface area contributed by atoms with Crippen LogP contribution in [0.4, 0.5) is 0 Å². The molecular formula is C25H34O3. The lowest BCUT2D eigenvalue weighted by Crippen LogP contribution is -1.95. The standard InChI is InChI=1S/C25H34O3/c1-20(2)8-6-9-21(3)10-7-11-22(4)18-19-28-24-15-12-23(13-16-24)14-17-25(26)27-5/h8,10,12-18H,6-7,9,11,19H2,1-5H3. The molecule has 152 valence electrons. The summed E-state index contributed by atoms with van der Waals surface area (Å²) in [5.41, 5.74) is 5.11. The second-order valence-electron chi connectivity index (χ2n) is 7.20. The Morgan fingerprint density at radius 1 is 0.893 bits per heavy atom. The molecule has 0 N–H and O–H groups in total. The van der Waals surface area contributed by atoms with Crippen molar-refractivity contribution < 1.29 is 14.3 Å². The number of esters is 1. The van der Waals surface area contributed by atoms with Crippen LogP contribution in [-0.2, 0) is 9.53 Å². The molecule has 0 aromatic heterocycles. The molecule has 0 spiro atoms. The lowest BCUT2D eigenvalue weighted by molar-refractivity contribution is -0.134. The molecule has 0 heterocycles. The topological polar surface area (TPSA) is 35.5 Å². The van der Waals surface area contributed by atoms with Gasteiger partial charge in [-0.3, -0.25) is 0 Å². The molecule has 0 saturated carbocycles. The number of hydrogen-bond acceptors (Lipinski definition) is 3. The van der Waals surface area contributed by atoms with Gasteiger partial charge in [-0.25, -0.2) is 4.79 Å². The molecule has 0 atom stereocenters. The molecule has 0 aliphatic carbocycles. The van der Waals surface area contributed by atoms with Gasteiger partial charge in [0, 0.05) is 6.08 Å². The average Bonchev–Trinajstić information content (AvgIpc) is 2.66. The minimum atomic E-state index is -0.362. The van der Waals surface area contributed by atoms with Gasteiger partial charge >= 0.3 is 5.97 Å². The molecule has 0 radical (unpaired) electrons. The first-order valence-corrected chi connectivity index (χ1v) is 9.84. The normalized spacial score (nSPS) is 12.2. The Bertz CT molecular complexity index is 715. The number of allylic oxidation sites excluding steroid dienone is 5. The minimum Gasteiger partial charge on any atom is -0.490 e. The third-order valence-corrected chi connectivity index (χ3v) is 4.30. The summed E-state index contributed by atoms with van der Waals surface area (Å²) in [6, 6.07) is 7.62. The number of carbonyl (C=O) groups excluding carboxylic acids is 1. The Morgan fingerprint density at radius 2 is 1.50 bits per heavy atom. The second-order valence-corrected chi connectivity index (χ2v) is 7.20. The largest absolute Gasteiger partial charge is 0.490 e. The van der Waals surface area contributed by atoms with Gasteiger partial charge in [0.1, 0.15) is 12.4 Å². The Kier molecular flexibility index (Phi) is 11.4. The van der Waals surface area contributed by atoms with Crippen molar-refractivity contribution in [1.82, 2.24) is 0 Å². The van der Waals surface area contributed by atoms with E-state index in [2.05, 4.69) is 50.7 Å². The van der Waals surface area contributed by atoms with Crippen molar-refractivity contribution in [3.05, 3.63) is 70.9 Å². The van der Waals surface area contributed by atoms with Crippen LogP contribution in [0.5, 0.6) is 5.75 Å². The number of rotatable bonds is 11. The van der Waals surface area contributed by atoms with Crippen LogP contribution >= 0.6 is 0 Å². The predicted molar refractivity (Wildman–Crippen MR) is 118 cm³/mol. The van der Waals surface area contributed by atoms with Gasteiger partial charge in [-0.05, 0) is 83.2 Å². The maximum Gasteiger partial charge on any atom is 0.330 e. The highest BCUT2D eigenvalue weighted by molar-refractivity contribution is 5.86. The fraction of sp³-hybridized carbons (Fsp3) is 0.400. The van der Waals surface area contributed by atoms with E-state index in [1.807, 2.05) is 24.3 Å². The zero-order valence-corrected chi connectivity index (χ0v) is 18.0. The summed E-state index contributed by atoms with van der Waals surface area (Å²) in [6.07, 6.45) is 14.3. The third-order valence-electron chi connectivity index (χ3n) is 4.30. The van der Waals surface area contributed by atoms with Crippen LogP contribution in [0.2, 0.25) is 0 Å². The maximum absolute atomic E-state index is 11.1. The highest BCUT2D eigenvalue weighted by atomic mass is 16.5. The SMILES string of the molecule is COC(=O)C=Cc1ccc(OCC=C(C)CCC=C(C)CCC=C(C)C)cc1. The molecule has 3 heteroatoms. The number of carbonyl (C=O) groups is 1. The van der Waals surface area contributed by atoms with Crippen LogP contribution in [0, 0.1) is 0 Å². The van der Waals surface area contributed by atoms with Gasteiger partial charge < -0.3 is 9.47 Å². The number of benzene rings is 1. The van der Waals surface area contributed by atoms with Crippen LogP contribution in [0.25, 0.3) is 6.08 Å². The average molecular weight is 383 g/mol. The first kappa shape index (κ1) is 23.5. The van der Waals surface area contributed by atoms with Gasteiger partial charge in [0.25, 0.3) is 0 Å². The Morgan fingerprint density at radius 3 is 2.11 bits per heavy atom. The number of methoxy groups -OCH3 is 1. The molecule has 0 bridgehead atoms. The Labute approximate surface area is 170 Å². The van der Waals surface area contributed by atoms with Crippen molar-refractivity contribution in [3.63, 3.8) is 0 Å². The number of hydrogen-bond donors (Lipinski definition) is 0. The molecule has 0 aliphatic rings. The zero-order valence-electron chi connectivity index (χ0n) is 18.0. The molecule has 0 aliphatic heterocycles. The van der Waals surface area contributed by atoms with Crippen molar-refractivity contribution in [2.45, 2.75) is 53.4 Å². The van der Waals surface area contributed by atoms with Crippen molar-refractivity contribution in [2.75, 3.05) is 13.7 Å². The minimum absolute atomic E-state index is 0.362. The Balaban J connectivity index is 2.35. The van der Waals surface area contributed by atoms with Crippen LogP contribution in [0.1, 0.15) is 58.9 Å². The summed E-state index contributed by atoms with van der Waals surface area (Å²) in [5.74, 6) is 0.452. The summed E-state index contributed by atoms with van der Waals surface area (Å²) in [7, 11) is 1.36. The monoisotopic (exact) mass is 382 g/mol. The first-order chi connectivity index (χ1) is 13.4. The van der Waals surface area contributed by atoms with Gasteiger partial charge in [-0.1, -0.05) is 41.0 Å². The molecule has 0 unspecified atom stereocenters. The first-order valence-electron chi connectivity index (χ1n) is 9.84. The quantitative estimate of drug-likeness (QED) is 0.243. The lowest BCUT2D eigenvalue weighted by Gasteiger charge is -2.05.